The molecule has 1 aliphatic rings. The van der Waals surface area contributed by atoms with Crippen LogP contribution in [0.25, 0.3) is 0 Å². The lowest BCUT2D eigenvalue weighted by Gasteiger charge is -2.36. The van der Waals surface area contributed by atoms with Crippen LogP contribution in [0.3, 0.4) is 0 Å². The Bertz CT molecular complexity index is 1020. The van der Waals surface area contributed by atoms with Gasteiger partial charge in [-0.1, -0.05) is 30.7 Å². The van der Waals surface area contributed by atoms with E-state index in [4.69, 9.17) is 11.6 Å². The Kier molecular flexibility index (Phi) is 6.99. The van der Waals surface area contributed by atoms with Crippen molar-refractivity contribution in [2.45, 2.75) is 11.8 Å². The molecule has 30 heavy (non-hydrogen) atoms. The third-order valence-electron chi connectivity index (χ3n) is 5.07. The fourth-order valence-corrected chi connectivity index (χ4v) is 4.53. The van der Waals surface area contributed by atoms with Gasteiger partial charge in [-0.3, -0.25) is 9.59 Å². The highest BCUT2D eigenvalue weighted by atomic mass is 35.5. The molecule has 160 valence electrons. The maximum atomic E-state index is 12.5. The van der Waals surface area contributed by atoms with Crippen molar-refractivity contribution in [1.29, 1.82) is 0 Å². The summed E-state index contributed by atoms with van der Waals surface area (Å²) in [5.41, 5.74) is 1.10. The van der Waals surface area contributed by atoms with Gasteiger partial charge in [0.05, 0.1) is 22.8 Å². The van der Waals surface area contributed by atoms with Crippen molar-refractivity contribution in [3.8, 4) is 0 Å². The number of nitrogens with zero attached hydrogens (tertiary/aromatic N) is 2. The fraction of sp³-hybridized carbons (Fsp3) is 0.333. The van der Waals surface area contributed by atoms with Crippen LogP contribution in [-0.4, -0.2) is 63.6 Å². The predicted molar refractivity (Wildman–Crippen MR) is 117 cm³/mol. The molecule has 0 spiro atoms. The molecule has 0 radical (unpaired) electrons. The number of benzene rings is 2. The molecule has 1 N–H and O–H groups in total. The second-order valence-electron chi connectivity index (χ2n) is 6.93. The Morgan fingerprint density at radius 2 is 1.63 bits per heavy atom. The van der Waals surface area contributed by atoms with Gasteiger partial charge in [0.15, 0.2) is 9.84 Å². The first-order valence-corrected chi connectivity index (χ1v) is 11.7. The Morgan fingerprint density at radius 1 is 1.00 bits per heavy atom. The lowest BCUT2D eigenvalue weighted by molar-refractivity contribution is -0.130. The first-order chi connectivity index (χ1) is 14.3. The molecule has 9 heteroatoms. The number of sulfone groups is 1. The molecule has 1 heterocycles. The van der Waals surface area contributed by atoms with E-state index in [0.29, 0.717) is 31.2 Å². The molecule has 0 atom stereocenters. The lowest BCUT2D eigenvalue weighted by atomic mass is 10.2. The third kappa shape index (κ3) is 5.12. The lowest BCUT2D eigenvalue weighted by Crippen LogP contribution is -2.51. The van der Waals surface area contributed by atoms with Gasteiger partial charge in [0, 0.05) is 36.9 Å². The van der Waals surface area contributed by atoms with Gasteiger partial charge in [0.25, 0.3) is 5.91 Å². The van der Waals surface area contributed by atoms with Crippen molar-refractivity contribution in [3.63, 3.8) is 0 Å². The fourth-order valence-electron chi connectivity index (χ4n) is 3.31. The van der Waals surface area contributed by atoms with Gasteiger partial charge in [-0.15, -0.1) is 0 Å². The summed E-state index contributed by atoms with van der Waals surface area (Å²) in [7, 11) is -3.54. The molecule has 2 aromatic carbocycles. The Balaban J connectivity index is 1.56. The van der Waals surface area contributed by atoms with E-state index in [9.17, 15) is 18.0 Å². The summed E-state index contributed by atoms with van der Waals surface area (Å²) in [4.78, 5) is 28.9. The van der Waals surface area contributed by atoms with Crippen molar-refractivity contribution in [2.75, 3.05) is 43.4 Å². The molecule has 0 unspecified atom stereocenters. The summed E-state index contributed by atoms with van der Waals surface area (Å²) in [5, 5.41) is 3.24. The summed E-state index contributed by atoms with van der Waals surface area (Å²) in [6.45, 7) is 3.78. The van der Waals surface area contributed by atoms with Gasteiger partial charge < -0.3 is 15.1 Å². The summed E-state index contributed by atoms with van der Waals surface area (Å²) in [6.07, 6.45) is 0. The van der Waals surface area contributed by atoms with Gasteiger partial charge in [0.1, 0.15) is 0 Å². The molecule has 3 rings (SSSR count). The number of halogens is 1. The minimum Gasteiger partial charge on any atom is -0.368 e. The maximum Gasteiger partial charge on any atom is 0.253 e. The van der Waals surface area contributed by atoms with E-state index >= 15 is 0 Å². The van der Waals surface area contributed by atoms with E-state index in [0.717, 1.165) is 5.69 Å². The zero-order valence-corrected chi connectivity index (χ0v) is 18.2. The van der Waals surface area contributed by atoms with E-state index in [1.165, 1.54) is 19.1 Å². The molecule has 0 bridgehead atoms. The van der Waals surface area contributed by atoms with Crippen LogP contribution in [0.1, 0.15) is 17.3 Å². The normalized spacial score (nSPS) is 14.5. The molecule has 1 saturated heterocycles. The van der Waals surface area contributed by atoms with Crippen molar-refractivity contribution < 1.29 is 18.0 Å². The maximum absolute atomic E-state index is 12.5. The number of hydrogen-bond acceptors (Lipinski definition) is 5. The molecule has 0 saturated carbocycles. The van der Waals surface area contributed by atoms with Gasteiger partial charge in [-0.05, 0) is 36.4 Å². The Labute approximate surface area is 181 Å². The van der Waals surface area contributed by atoms with Crippen molar-refractivity contribution in [1.82, 2.24) is 10.2 Å². The number of hydrogen-bond donors (Lipinski definition) is 1. The van der Waals surface area contributed by atoms with Crippen LogP contribution in [0.5, 0.6) is 0 Å². The molecule has 0 aliphatic carbocycles. The quantitative estimate of drug-likeness (QED) is 0.730. The second-order valence-corrected chi connectivity index (χ2v) is 9.61. The van der Waals surface area contributed by atoms with Gasteiger partial charge in [-0.2, -0.15) is 0 Å². The highest BCUT2D eigenvalue weighted by Gasteiger charge is 2.24. The molecule has 2 amide bonds. The molecular formula is C21H24ClN3O4S. The standard InChI is InChI=1S/C21H24ClN3O4S/c1-2-30(28,29)19-6-4-3-5-18(19)21(27)23-15-20(26)25-13-11-24(12-14-25)17-9-7-16(22)8-10-17/h3-10H,2,11-15H2,1H3,(H,23,27). The zero-order chi connectivity index (χ0) is 21.7. The van der Waals surface area contributed by atoms with E-state index in [2.05, 4.69) is 10.2 Å². The second kappa shape index (κ2) is 9.49. The SMILES string of the molecule is CCS(=O)(=O)c1ccccc1C(=O)NCC(=O)N1CCN(c2ccc(Cl)cc2)CC1. The van der Waals surface area contributed by atoms with E-state index in [1.54, 1.807) is 17.0 Å². The van der Waals surface area contributed by atoms with Crippen LogP contribution in [0.4, 0.5) is 5.69 Å². The zero-order valence-electron chi connectivity index (χ0n) is 16.7. The number of nitrogens with one attached hydrogen (secondary N) is 1. The molecule has 1 fully saturated rings. The summed E-state index contributed by atoms with van der Waals surface area (Å²) >= 11 is 5.92. The van der Waals surface area contributed by atoms with Crippen LogP contribution in [0.15, 0.2) is 53.4 Å². The Morgan fingerprint density at radius 3 is 2.27 bits per heavy atom. The van der Waals surface area contributed by atoms with E-state index in [1.807, 2.05) is 24.3 Å². The molecule has 0 aromatic heterocycles. The number of carbonyl (C=O) groups is 2. The molecule has 2 aromatic rings. The monoisotopic (exact) mass is 449 g/mol. The summed E-state index contributed by atoms with van der Waals surface area (Å²) in [5.74, 6) is -0.876. The largest absolute Gasteiger partial charge is 0.368 e. The van der Waals surface area contributed by atoms with Crippen LogP contribution in [-0.2, 0) is 14.6 Å². The Hall–Kier alpha value is -2.58. The smallest absolute Gasteiger partial charge is 0.253 e. The van der Waals surface area contributed by atoms with Crippen LogP contribution in [0, 0.1) is 0 Å². The van der Waals surface area contributed by atoms with Crippen LogP contribution in [0.2, 0.25) is 5.02 Å². The van der Waals surface area contributed by atoms with Gasteiger partial charge in [-0.25, -0.2) is 8.42 Å². The van der Waals surface area contributed by atoms with Gasteiger partial charge in [0.2, 0.25) is 5.91 Å². The number of rotatable bonds is 6. The minimum atomic E-state index is -3.54. The van der Waals surface area contributed by atoms with Crippen LogP contribution >= 0.6 is 11.6 Å². The highest BCUT2D eigenvalue weighted by Crippen LogP contribution is 2.20. The van der Waals surface area contributed by atoms with E-state index < -0.39 is 15.7 Å². The molecule has 7 nitrogen and oxygen atoms in total. The number of piperazine rings is 1. The third-order valence-corrected chi connectivity index (χ3v) is 7.11. The first kappa shape index (κ1) is 22.1. The topological polar surface area (TPSA) is 86.8 Å². The van der Waals surface area contributed by atoms with Crippen LogP contribution < -0.4 is 10.2 Å². The summed E-state index contributed by atoms with van der Waals surface area (Å²) < 4.78 is 24.4. The molecule has 1 aliphatic heterocycles. The van der Waals surface area contributed by atoms with Crippen molar-refractivity contribution in [2.24, 2.45) is 0 Å². The average molecular weight is 450 g/mol. The van der Waals surface area contributed by atoms with E-state index in [-0.39, 0.29) is 28.7 Å². The first-order valence-electron chi connectivity index (χ1n) is 9.70. The predicted octanol–water partition coefficient (Wildman–Crippen LogP) is 2.21. The van der Waals surface area contributed by atoms with Crippen molar-refractivity contribution in [3.05, 3.63) is 59.1 Å². The number of anilines is 1. The number of amides is 2. The minimum absolute atomic E-state index is 0.0194. The van der Waals surface area contributed by atoms with Gasteiger partial charge >= 0.3 is 0 Å². The van der Waals surface area contributed by atoms with Crippen molar-refractivity contribution >= 4 is 38.9 Å². The highest BCUT2D eigenvalue weighted by molar-refractivity contribution is 7.91. The average Bonchev–Trinajstić information content (AvgIpc) is 2.78. The number of carbonyl (C=O) groups excluding carboxylic acids is 2. The summed E-state index contributed by atoms with van der Waals surface area (Å²) in [6, 6.07) is 13.6. The molecular weight excluding hydrogens is 426 g/mol.